The normalized spacial score (nSPS) is 13.3. The van der Waals surface area contributed by atoms with E-state index in [0.717, 1.165) is 18.9 Å². The highest BCUT2D eigenvalue weighted by Gasteiger charge is 2.22. The number of carbonyl (C=O) groups is 1. The van der Waals surface area contributed by atoms with Crippen molar-refractivity contribution in [2.24, 2.45) is 5.14 Å². The predicted octanol–water partition coefficient (Wildman–Crippen LogP) is 1.58. The topological polar surface area (TPSA) is 99.6 Å². The van der Waals surface area contributed by atoms with Crippen molar-refractivity contribution in [3.05, 3.63) is 17.6 Å². The predicted molar refractivity (Wildman–Crippen MR) is 64.6 cm³/mol. The molecule has 1 atom stereocenters. The van der Waals surface area contributed by atoms with Crippen LogP contribution in [0.1, 0.15) is 43.0 Å². The zero-order valence-corrected chi connectivity index (χ0v) is 11.4. The number of primary sulfonamides is 1. The Morgan fingerprint density at radius 3 is 2.61 bits per heavy atom. The molecular formula is C11H17NO5S. The van der Waals surface area contributed by atoms with E-state index in [9.17, 15) is 13.2 Å². The molecule has 0 saturated heterocycles. The number of furan rings is 1. The monoisotopic (exact) mass is 275 g/mol. The summed E-state index contributed by atoms with van der Waals surface area (Å²) in [6.07, 6.45) is 1.37. The molecule has 7 heteroatoms. The Labute approximate surface area is 106 Å². The van der Waals surface area contributed by atoms with Crippen molar-refractivity contribution in [1.82, 2.24) is 0 Å². The molecule has 1 heterocycles. The number of nitrogens with two attached hydrogens (primary N) is 1. The number of ether oxygens (including phenoxy) is 1. The molecule has 0 aliphatic carbocycles. The molecule has 0 saturated carbocycles. The van der Waals surface area contributed by atoms with Crippen molar-refractivity contribution in [2.75, 3.05) is 0 Å². The number of carbonyl (C=O) groups excluding carboxylic acids is 1. The van der Waals surface area contributed by atoms with Crippen molar-refractivity contribution < 1.29 is 22.4 Å². The van der Waals surface area contributed by atoms with Crippen LogP contribution < -0.4 is 5.14 Å². The number of rotatable bonds is 5. The van der Waals surface area contributed by atoms with Gasteiger partial charge in [0.25, 0.3) is 0 Å². The lowest BCUT2D eigenvalue weighted by Gasteiger charge is -2.10. The van der Waals surface area contributed by atoms with E-state index in [1.165, 1.54) is 6.92 Å². The second-order valence-electron chi connectivity index (χ2n) is 4.08. The fourth-order valence-electron chi connectivity index (χ4n) is 1.55. The first kappa shape index (κ1) is 14.7. The van der Waals surface area contributed by atoms with E-state index in [4.69, 9.17) is 14.3 Å². The van der Waals surface area contributed by atoms with Crippen molar-refractivity contribution in [3.8, 4) is 0 Å². The van der Waals surface area contributed by atoms with Crippen LogP contribution in [0.5, 0.6) is 0 Å². The maximum absolute atomic E-state index is 11.7. The van der Waals surface area contributed by atoms with Crippen LogP contribution >= 0.6 is 0 Å². The molecule has 1 aromatic rings. The van der Waals surface area contributed by atoms with Gasteiger partial charge in [0.2, 0.25) is 15.8 Å². The smallest absolute Gasteiger partial charge is 0.374 e. The van der Waals surface area contributed by atoms with Crippen LogP contribution in [0.2, 0.25) is 0 Å². The lowest BCUT2D eigenvalue weighted by atomic mass is 10.2. The van der Waals surface area contributed by atoms with Crippen molar-refractivity contribution in [1.29, 1.82) is 0 Å². The maximum Gasteiger partial charge on any atom is 0.374 e. The summed E-state index contributed by atoms with van der Waals surface area (Å²) in [5, 5.41) is 4.98. The number of sulfonamides is 1. The van der Waals surface area contributed by atoms with Gasteiger partial charge in [0.1, 0.15) is 10.7 Å². The van der Waals surface area contributed by atoms with Gasteiger partial charge in [-0.05, 0) is 20.3 Å². The van der Waals surface area contributed by atoms with Crippen LogP contribution in [0.3, 0.4) is 0 Å². The molecule has 18 heavy (non-hydrogen) atoms. The summed E-state index contributed by atoms with van der Waals surface area (Å²) in [6.45, 7) is 5.16. The minimum atomic E-state index is -3.89. The summed E-state index contributed by atoms with van der Waals surface area (Å²) in [5.41, 5.74) is 0. The molecule has 0 amide bonds. The van der Waals surface area contributed by atoms with E-state index in [2.05, 4.69) is 0 Å². The second kappa shape index (κ2) is 5.53. The highest BCUT2D eigenvalue weighted by atomic mass is 32.2. The average Bonchev–Trinajstić information content (AvgIpc) is 2.60. The van der Waals surface area contributed by atoms with Crippen LogP contribution in [0, 0.1) is 6.92 Å². The Hall–Kier alpha value is -1.34. The van der Waals surface area contributed by atoms with E-state index >= 15 is 0 Å². The molecule has 0 aliphatic rings. The van der Waals surface area contributed by atoms with E-state index in [-0.39, 0.29) is 22.5 Å². The number of hydrogen-bond donors (Lipinski definition) is 1. The van der Waals surface area contributed by atoms with Crippen LogP contribution in [0.4, 0.5) is 0 Å². The third-order valence-electron chi connectivity index (χ3n) is 2.38. The molecule has 6 nitrogen and oxygen atoms in total. The largest absolute Gasteiger partial charge is 0.457 e. The van der Waals surface area contributed by atoms with Crippen LogP contribution in [-0.4, -0.2) is 20.5 Å². The van der Waals surface area contributed by atoms with Gasteiger partial charge >= 0.3 is 5.97 Å². The molecule has 102 valence electrons. The zero-order chi connectivity index (χ0) is 13.9. The number of esters is 1. The average molecular weight is 275 g/mol. The summed E-state index contributed by atoms with van der Waals surface area (Å²) >= 11 is 0. The fourth-order valence-corrected chi connectivity index (χ4v) is 2.27. The standard InChI is InChI=1S/C11H17NO5S/c1-4-5-7(2)16-11(13)9-6-10(8(3)17-9)18(12,14)15/h6-7H,4-5H2,1-3H3,(H2,12,14,15). The number of hydrogen-bond acceptors (Lipinski definition) is 5. The quantitative estimate of drug-likeness (QED) is 0.822. The molecule has 1 rings (SSSR count). The minimum Gasteiger partial charge on any atom is -0.457 e. The fraction of sp³-hybridized carbons (Fsp3) is 0.545. The van der Waals surface area contributed by atoms with Crippen LogP contribution in [-0.2, 0) is 14.8 Å². The molecule has 0 aromatic carbocycles. The Morgan fingerprint density at radius 1 is 1.56 bits per heavy atom. The lowest BCUT2D eigenvalue weighted by molar-refractivity contribution is 0.0286. The summed E-state index contributed by atoms with van der Waals surface area (Å²) in [7, 11) is -3.89. The second-order valence-corrected chi connectivity index (χ2v) is 5.61. The molecule has 0 aliphatic heterocycles. The van der Waals surface area contributed by atoms with E-state index in [1.54, 1.807) is 6.92 Å². The van der Waals surface area contributed by atoms with Crippen molar-refractivity contribution in [2.45, 2.75) is 44.6 Å². The Kier molecular flexibility index (Phi) is 4.53. The van der Waals surface area contributed by atoms with Gasteiger partial charge < -0.3 is 9.15 Å². The Bertz CT molecular complexity index is 532. The van der Waals surface area contributed by atoms with E-state index in [0.29, 0.717) is 0 Å². The summed E-state index contributed by atoms with van der Waals surface area (Å²) in [4.78, 5) is 11.5. The third kappa shape index (κ3) is 3.58. The molecule has 2 N–H and O–H groups in total. The van der Waals surface area contributed by atoms with Gasteiger partial charge in [0.15, 0.2) is 0 Å². The first-order chi connectivity index (χ1) is 8.25. The molecule has 1 aromatic heterocycles. The van der Waals surface area contributed by atoms with Gasteiger partial charge in [-0.25, -0.2) is 18.4 Å². The Morgan fingerprint density at radius 2 is 2.17 bits per heavy atom. The summed E-state index contributed by atoms with van der Waals surface area (Å²) < 4.78 is 32.5. The highest BCUT2D eigenvalue weighted by Crippen LogP contribution is 2.20. The Balaban J connectivity index is 2.89. The van der Waals surface area contributed by atoms with E-state index < -0.39 is 16.0 Å². The minimum absolute atomic E-state index is 0.0765. The van der Waals surface area contributed by atoms with Gasteiger partial charge in [-0.2, -0.15) is 0 Å². The van der Waals surface area contributed by atoms with Gasteiger partial charge in [-0.15, -0.1) is 0 Å². The van der Waals surface area contributed by atoms with E-state index in [1.807, 2.05) is 6.92 Å². The lowest BCUT2D eigenvalue weighted by Crippen LogP contribution is -2.14. The van der Waals surface area contributed by atoms with Gasteiger partial charge in [0.05, 0.1) is 6.10 Å². The van der Waals surface area contributed by atoms with Gasteiger partial charge in [-0.1, -0.05) is 13.3 Å². The first-order valence-electron chi connectivity index (χ1n) is 5.60. The molecule has 1 unspecified atom stereocenters. The molecule has 0 radical (unpaired) electrons. The maximum atomic E-state index is 11.7. The molecule has 0 bridgehead atoms. The molecular weight excluding hydrogens is 258 g/mol. The third-order valence-corrected chi connectivity index (χ3v) is 3.40. The zero-order valence-electron chi connectivity index (χ0n) is 10.6. The SMILES string of the molecule is CCCC(C)OC(=O)c1cc(S(N)(=O)=O)c(C)o1. The van der Waals surface area contributed by atoms with Crippen molar-refractivity contribution >= 4 is 16.0 Å². The molecule has 0 fully saturated rings. The summed E-state index contributed by atoms with van der Waals surface area (Å²) in [6, 6.07) is 1.09. The van der Waals surface area contributed by atoms with Crippen LogP contribution in [0.25, 0.3) is 0 Å². The highest BCUT2D eigenvalue weighted by molar-refractivity contribution is 7.89. The van der Waals surface area contributed by atoms with Crippen LogP contribution in [0.15, 0.2) is 15.4 Å². The number of aryl methyl sites for hydroxylation is 1. The first-order valence-corrected chi connectivity index (χ1v) is 7.14. The van der Waals surface area contributed by atoms with Gasteiger partial charge in [-0.3, -0.25) is 0 Å². The van der Waals surface area contributed by atoms with Crippen molar-refractivity contribution in [3.63, 3.8) is 0 Å². The molecule has 0 spiro atoms. The van der Waals surface area contributed by atoms with Gasteiger partial charge in [0, 0.05) is 6.07 Å². The summed E-state index contributed by atoms with van der Waals surface area (Å²) in [5.74, 6) is -0.763.